The van der Waals surface area contributed by atoms with E-state index in [1.165, 1.54) is 0 Å². The lowest BCUT2D eigenvalue weighted by molar-refractivity contribution is -0.131. The molecule has 2 atom stereocenters. The molecule has 3 rings (SSSR count). The van der Waals surface area contributed by atoms with Crippen molar-refractivity contribution in [2.45, 2.75) is 39.2 Å². The van der Waals surface area contributed by atoms with Gasteiger partial charge in [-0.2, -0.15) is 0 Å². The number of nitrogens with one attached hydrogen (secondary N) is 1. The Morgan fingerprint density at radius 3 is 2.71 bits per heavy atom. The van der Waals surface area contributed by atoms with Gasteiger partial charge in [0.25, 0.3) is 5.56 Å². The number of rotatable bonds is 4. The summed E-state index contributed by atoms with van der Waals surface area (Å²) >= 11 is 0. The molecule has 0 aromatic carbocycles. The van der Waals surface area contributed by atoms with Gasteiger partial charge in [-0.15, -0.1) is 0 Å². The summed E-state index contributed by atoms with van der Waals surface area (Å²) in [6.07, 6.45) is 1.46. The van der Waals surface area contributed by atoms with E-state index in [0.717, 1.165) is 12.1 Å². The maximum atomic E-state index is 12.7. The van der Waals surface area contributed by atoms with Crippen LogP contribution < -0.4 is 10.3 Å². The zero-order chi connectivity index (χ0) is 17.5. The van der Waals surface area contributed by atoms with Gasteiger partial charge in [0.15, 0.2) is 0 Å². The molecule has 1 saturated heterocycles. The zero-order valence-corrected chi connectivity index (χ0v) is 14.8. The number of anilines is 1. The van der Waals surface area contributed by atoms with Gasteiger partial charge < -0.3 is 9.47 Å². The van der Waals surface area contributed by atoms with Gasteiger partial charge >= 0.3 is 0 Å². The van der Waals surface area contributed by atoms with Crippen molar-refractivity contribution < 1.29 is 13.2 Å². The molecule has 0 unspecified atom stereocenters. The third kappa shape index (κ3) is 3.19. The molecule has 1 aromatic rings. The molecular formula is C16H23N3O4S. The zero-order valence-electron chi connectivity index (χ0n) is 14.0. The molecule has 7 nitrogen and oxygen atoms in total. The van der Waals surface area contributed by atoms with E-state index in [0.29, 0.717) is 26.1 Å². The van der Waals surface area contributed by atoms with Gasteiger partial charge in [0.2, 0.25) is 15.9 Å². The highest BCUT2D eigenvalue weighted by Crippen LogP contribution is 2.35. The van der Waals surface area contributed by atoms with Crippen molar-refractivity contribution in [2.75, 3.05) is 23.6 Å². The summed E-state index contributed by atoms with van der Waals surface area (Å²) in [6.45, 7) is 5.15. The number of pyridine rings is 1. The topological polar surface area (TPSA) is 88.5 Å². The maximum Gasteiger partial charge on any atom is 0.275 e. The van der Waals surface area contributed by atoms with E-state index < -0.39 is 10.0 Å². The summed E-state index contributed by atoms with van der Waals surface area (Å²) in [7, 11) is -3.49. The molecule has 0 aliphatic carbocycles. The third-order valence-electron chi connectivity index (χ3n) is 4.79. The van der Waals surface area contributed by atoms with Crippen LogP contribution in [0.3, 0.4) is 0 Å². The normalized spacial score (nSPS) is 22.8. The number of sulfonamides is 1. The second-order valence-corrected chi connectivity index (χ2v) is 8.57. The summed E-state index contributed by atoms with van der Waals surface area (Å²) in [6, 6.07) is 3.37. The summed E-state index contributed by atoms with van der Waals surface area (Å²) in [5.41, 5.74) is 0.703. The summed E-state index contributed by atoms with van der Waals surface area (Å²) < 4.78 is 27.9. The van der Waals surface area contributed by atoms with Gasteiger partial charge in [-0.3, -0.25) is 14.3 Å². The second-order valence-electron chi connectivity index (χ2n) is 6.73. The van der Waals surface area contributed by atoms with Gasteiger partial charge in [-0.25, -0.2) is 8.42 Å². The van der Waals surface area contributed by atoms with Crippen molar-refractivity contribution in [1.82, 2.24) is 9.47 Å². The lowest BCUT2D eigenvalue weighted by Crippen LogP contribution is -2.48. The smallest absolute Gasteiger partial charge is 0.275 e. The molecule has 0 radical (unpaired) electrons. The molecule has 132 valence electrons. The maximum absolute atomic E-state index is 12.7. The lowest BCUT2D eigenvalue weighted by Gasteiger charge is -2.42. The Balaban J connectivity index is 1.93. The van der Waals surface area contributed by atoms with Crippen molar-refractivity contribution >= 4 is 21.6 Å². The number of piperidine rings is 1. The number of carbonyl (C=O) groups excluding carboxylic acids is 1. The van der Waals surface area contributed by atoms with Crippen molar-refractivity contribution in [3.8, 4) is 0 Å². The number of nitrogens with zero attached hydrogens (tertiary/aromatic N) is 2. The minimum Gasteiger partial charge on any atom is -0.342 e. The largest absolute Gasteiger partial charge is 0.342 e. The van der Waals surface area contributed by atoms with Crippen LogP contribution in [0, 0.1) is 5.92 Å². The van der Waals surface area contributed by atoms with E-state index >= 15 is 0 Å². The predicted octanol–water partition coefficient (Wildman–Crippen LogP) is 0.966. The van der Waals surface area contributed by atoms with Crippen LogP contribution in [-0.2, 0) is 21.4 Å². The fraction of sp³-hybridized carbons (Fsp3) is 0.625. The van der Waals surface area contributed by atoms with Gasteiger partial charge in [0.05, 0.1) is 5.75 Å². The number of carbonyl (C=O) groups is 1. The van der Waals surface area contributed by atoms with Crippen molar-refractivity contribution in [2.24, 2.45) is 5.92 Å². The molecule has 1 amide bonds. The number of hydrogen-bond donors (Lipinski definition) is 1. The third-order valence-corrected chi connectivity index (χ3v) is 6.26. The van der Waals surface area contributed by atoms with Gasteiger partial charge in [0.1, 0.15) is 5.69 Å². The summed E-state index contributed by atoms with van der Waals surface area (Å²) in [5.74, 6) is 0.424. The SMILES string of the molecule is CCCS(=O)(=O)Nc1ccc2n(c1=O)C[C@@H]1C[C@@H]2CN(C(C)=O)C1. The Morgan fingerprint density at radius 1 is 1.29 bits per heavy atom. The summed E-state index contributed by atoms with van der Waals surface area (Å²) in [5, 5.41) is 0. The molecule has 2 bridgehead atoms. The van der Waals surface area contributed by atoms with E-state index in [1.807, 2.05) is 11.0 Å². The van der Waals surface area contributed by atoms with Gasteiger partial charge in [-0.1, -0.05) is 6.92 Å². The fourth-order valence-electron chi connectivity index (χ4n) is 3.77. The lowest BCUT2D eigenvalue weighted by atomic mass is 9.83. The Kier molecular flexibility index (Phi) is 4.42. The fourth-order valence-corrected chi connectivity index (χ4v) is 4.90. The van der Waals surface area contributed by atoms with Crippen LogP contribution >= 0.6 is 0 Å². The van der Waals surface area contributed by atoms with Gasteiger partial charge in [-0.05, 0) is 30.9 Å². The number of fused-ring (bicyclic) bond motifs is 4. The summed E-state index contributed by atoms with van der Waals surface area (Å²) in [4.78, 5) is 26.2. The Morgan fingerprint density at radius 2 is 2.04 bits per heavy atom. The molecule has 1 fully saturated rings. The molecule has 24 heavy (non-hydrogen) atoms. The quantitative estimate of drug-likeness (QED) is 0.873. The van der Waals surface area contributed by atoms with E-state index in [9.17, 15) is 18.0 Å². The monoisotopic (exact) mass is 353 g/mol. The second kappa shape index (κ2) is 6.23. The molecule has 0 spiro atoms. The van der Waals surface area contributed by atoms with E-state index in [2.05, 4.69) is 4.72 Å². The molecule has 2 aliphatic rings. The highest BCUT2D eigenvalue weighted by molar-refractivity contribution is 7.92. The van der Waals surface area contributed by atoms with Crippen LogP contribution in [0.4, 0.5) is 5.69 Å². The average Bonchev–Trinajstić information content (AvgIpc) is 2.50. The molecule has 0 saturated carbocycles. The molecule has 3 heterocycles. The predicted molar refractivity (Wildman–Crippen MR) is 91.5 cm³/mol. The Bertz CT molecular complexity index is 815. The number of amides is 1. The standard InChI is InChI=1S/C16H23N3O4S/c1-3-6-24(22,23)17-14-4-5-15-13-7-12(9-19(15)16(14)21)8-18(10-13)11(2)20/h4-5,12-13,17H,3,6-10H2,1-2H3/t12-,13-/m1/s1. The van der Waals surface area contributed by atoms with Crippen LogP contribution in [-0.4, -0.2) is 42.6 Å². The van der Waals surface area contributed by atoms with Crippen molar-refractivity contribution in [3.63, 3.8) is 0 Å². The first-order chi connectivity index (χ1) is 11.3. The van der Waals surface area contributed by atoms with Gasteiger partial charge in [0, 0.05) is 38.2 Å². The Hall–Kier alpha value is -1.83. The first kappa shape index (κ1) is 17.0. The minimum atomic E-state index is -3.49. The van der Waals surface area contributed by atoms with Crippen LogP contribution in [0.25, 0.3) is 0 Å². The number of aromatic nitrogens is 1. The number of likely N-dealkylation sites (tertiary alicyclic amines) is 1. The Labute approximate surface area is 141 Å². The van der Waals surface area contributed by atoms with E-state index in [1.54, 1.807) is 24.5 Å². The number of hydrogen-bond acceptors (Lipinski definition) is 4. The van der Waals surface area contributed by atoms with E-state index in [4.69, 9.17) is 0 Å². The van der Waals surface area contributed by atoms with E-state index in [-0.39, 0.29) is 34.7 Å². The molecular weight excluding hydrogens is 330 g/mol. The first-order valence-corrected chi connectivity index (χ1v) is 9.95. The minimum absolute atomic E-state index is 0.00693. The van der Waals surface area contributed by atoms with Crippen molar-refractivity contribution in [3.05, 3.63) is 28.2 Å². The molecule has 8 heteroatoms. The van der Waals surface area contributed by atoms with Crippen LogP contribution in [0.5, 0.6) is 0 Å². The molecule has 2 aliphatic heterocycles. The highest BCUT2D eigenvalue weighted by Gasteiger charge is 2.35. The van der Waals surface area contributed by atoms with Crippen LogP contribution in [0.2, 0.25) is 0 Å². The van der Waals surface area contributed by atoms with Crippen LogP contribution in [0.15, 0.2) is 16.9 Å². The van der Waals surface area contributed by atoms with Crippen molar-refractivity contribution in [1.29, 1.82) is 0 Å². The van der Waals surface area contributed by atoms with Crippen LogP contribution in [0.1, 0.15) is 38.3 Å². The first-order valence-electron chi connectivity index (χ1n) is 8.30. The molecule has 1 aromatic heterocycles. The highest BCUT2D eigenvalue weighted by atomic mass is 32.2. The average molecular weight is 353 g/mol. The molecule has 1 N–H and O–H groups in total.